The monoisotopic (exact) mass is 278 g/mol. The summed E-state index contributed by atoms with van der Waals surface area (Å²) in [5.41, 5.74) is 6.88. The molecule has 0 amide bonds. The summed E-state index contributed by atoms with van der Waals surface area (Å²) in [4.78, 5) is 0. The lowest BCUT2D eigenvalue weighted by atomic mass is 10.3. The van der Waals surface area contributed by atoms with E-state index in [1.807, 2.05) is 22.9 Å². The Kier molecular flexibility index (Phi) is 3.29. The van der Waals surface area contributed by atoms with Gasteiger partial charge in [0.2, 0.25) is 0 Å². The molecule has 2 aromatic rings. The second-order valence-electron chi connectivity index (χ2n) is 4.64. The number of nitrogens with zero attached hydrogens (tertiary/aromatic N) is 3. The van der Waals surface area contributed by atoms with Crippen molar-refractivity contribution >= 4 is 17.4 Å². The molecule has 0 spiro atoms. The van der Waals surface area contributed by atoms with E-state index in [1.165, 1.54) is 12.8 Å². The Hall–Kier alpha value is -1.75. The van der Waals surface area contributed by atoms with Crippen molar-refractivity contribution in [3.63, 3.8) is 0 Å². The Morgan fingerprint density at radius 3 is 2.89 bits per heavy atom. The molecule has 1 saturated carbocycles. The molecule has 1 aliphatic carbocycles. The maximum atomic E-state index is 6.02. The number of nitrogen functional groups attached to an aromatic ring is 1. The van der Waals surface area contributed by atoms with Gasteiger partial charge >= 0.3 is 0 Å². The number of benzene rings is 1. The molecule has 0 saturated heterocycles. The summed E-state index contributed by atoms with van der Waals surface area (Å²) in [5, 5.41) is 8.60. The van der Waals surface area contributed by atoms with E-state index in [-0.39, 0.29) is 0 Å². The predicted octanol–water partition coefficient (Wildman–Crippen LogP) is 2.47. The van der Waals surface area contributed by atoms with E-state index in [4.69, 9.17) is 22.1 Å². The molecule has 100 valence electrons. The van der Waals surface area contributed by atoms with Crippen molar-refractivity contribution in [3.05, 3.63) is 35.0 Å². The molecule has 5 nitrogen and oxygen atoms in total. The smallest absolute Gasteiger partial charge is 0.169 e. The summed E-state index contributed by atoms with van der Waals surface area (Å²) in [6.07, 6.45) is 2.34. The molecule has 0 aliphatic heterocycles. The molecule has 1 fully saturated rings. The third-order valence-electron chi connectivity index (χ3n) is 3.16. The molecule has 6 heteroatoms. The van der Waals surface area contributed by atoms with E-state index in [2.05, 4.69) is 10.3 Å². The number of nitrogens with two attached hydrogens (primary N) is 1. The molecule has 1 aromatic heterocycles. The van der Waals surface area contributed by atoms with Crippen molar-refractivity contribution in [3.8, 4) is 5.75 Å². The molecule has 0 bridgehead atoms. The largest absolute Gasteiger partial charge is 0.490 e. The van der Waals surface area contributed by atoms with Crippen molar-refractivity contribution in [2.45, 2.75) is 25.3 Å². The van der Waals surface area contributed by atoms with Crippen LogP contribution in [0.15, 0.2) is 24.3 Å². The van der Waals surface area contributed by atoms with Crippen LogP contribution in [0.2, 0.25) is 5.02 Å². The number of hydrogen-bond acceptors (Lipinski definition) is 4. The van der Waals surface area contributed by atoms with Crippen molar-refractivity contribution in [1.82, 2.24) is 15.0 Å². The number of halogens is 1. The van der Waals surface area contributed by atoms with Gasteiger partial charge in [0.1, 0.15) is 12.4 Å². The first kappa shape index (κ1) is 12.3. The molecule has 1 aromatic carbocycles. The Morgan fingerprint density at radius 1 is 1.37 bits per heavy atom. The summed E-state index contributed by atoms with van der Waals surface area (Å²) in [6.45, 7) is 1.12. The van der Waals surface area contributed by atoms with Gasteiger partial charge in [0, 0.05) is 5.92 Å². The van der Waals surface area contributed by atoms with Gasteiger partial charge in [-0.15, -0.1) is 5.10 Å². The highest BCUT2D eigenvalue weighted by atomic mass is 35.5. The molecule has 0 unspecified atom stereocenters. The number of anilines is 1. The highest BCUT2D eigenvalue weighted by Crippen LogP contribution is 2.41. The average molecular weight is 279 g/mol. The van der Waals surface area contributed by atoms with Crippen LogP contribution >= 0.6 is 11.6 Å². The van der Waals surface area contributed by atoms with Crippen LogP contribution in [0, 0.1) is 0 Å². The Bertz CT molecular complexity index is 580. The predicted molar refractivity (Wildman–Crippen MR) is 73.4 cm³/mol. The number of rotatable bonds is 5. The topological polar surface area (TPSA) is 66.0 Å². The van der Waals surface area contributed by atoms with Crippen LogP contribution in [0.5, 0.6) is 5.75 Å². The van der Waals surface area contributed by atoms with Crippen LogP contribution in [0.1, 0.15) is 24.5 Å². The van der Waals surface area contributed by atoms with Crippen LogP contribution < -0.4 is 10.5 Å². The SMILES string of the molecule is Nc1nnn(CCOc2ccccc2Cl)c1C1CC1. The van der Waals surface area contributed by atoms with Crippen molar-refractivity contribution in [2.24, 2.45) is 0 Å². The maximum absolute atomic E-state index is 6.02. The average Bonchev–Trinajstić information content (AvgIpc) is 3.17. The molecular weight excluding hydrogens is 264 g/mol. The number of hydrogen-bond donors (Lipinski definition) is 1. The first-order valence-corrected chi connectivity index (χ1v) is 6.69. The van der Waals surface area contributed by atoms with E-state index in [0.717, 1.165) is 5.69 Å². The van der Waals surface area contributed by atoms with Gasteiger partial charge in [-0.05, 0) is 25.0 Å². The maximum Gasteiger partial charge on any atom is 0.169 e. The van der Waals surface area contributed by atoms with Gasteiger partial charge in [0.25, 0.3) is 0 Å². The normalized spacial score (nSPS) is 14.6. The minimum atomic E-state index is 0.492. The Labute approximate surface area is 116 Å². The first-order chi connectivity index (χ1) is 9.25. The van der Waals surface area contributed by atoms with Crippen LogP contribution in [0.3, 0.4) is 0 Å². The van der Waals surface area contributed by atoms with Crippen LogP contribution in [-0.4, -0.2) is 21.6 Å². The molecule has 2 N–H and O–H groups in total. The highest BCUT2D eigenvalue weighted by molar-refractivity contribution is 6.32. The fraction of sp³-hybridized carbons (Fsp3) is 0.385. The lowest BCUT2D eigenvalue weighted by molar-refractivity contribution is 0.287. The molecule has 1 aliphatic rings. The quantitative estimate of drug-likeness (QED) is 0.912. The van der Waals surface area contributed by atoms with Gasteiger partial charge < -0.3 is 10.5 Å². The summed E-state index contributed by atoms with van der Waals surface area (Å²) < 4.78 is 7.48. The van der Waals surface area contributed by atoms with Crippen LogP contribution in [0.25, 0.3) is 0 Å². The second kappa shape index (κ2) is 5.09. The van der Waals surface area contributed by atoms with E-state index < -0.39 is 0 Å². The number of para-hydroxylation sites is 1. The third kappa shape index (κ3) is 2.66. The minimum absolute atomic E-state index is 0.492. The lowest BCUT2D eigenvalue weighted by Crippen LogP contribution is -2.12. The molecule has 3 rings (SSSR count). The van der Waals surface area contributed by atoms with Gasteiger partial charge in [-0.25, -0.2) is 4.68 Å². The van der Waals surface area contributed by atoms with Gasteiger partial charge in [0.05, 0.1) is 17.3 Å². The van der Waals surface area contributed by atoms with Gasteiger partial charge in [-0.3, -0.25) is 0 Å². The standard InChI is InChI=1S/C13H15ClN4O/c14-10-3-1-2-4-11(10)19-8-7-18-12(9-5-6-9)13(15)16-17-18/h1-4,9H,5-8,15H2. The highest BCUT2D eigenvalue weighted by Gasteiger charge is 2.30. The summed E-state index contributed by atoms with van der Waals surface area (Å²) in [5.74, 6) is 1.75. The van der Waals surface area contributed by atoms with Crippen molar-refractivity contribution in [2.75, 3.05) is 12.3 Å². The van der Waals surface area contributed by atoms with Crippen LogP contribution in [0.4, 0.5) is 5.82 Å². The van der Waals surface area contributed by atoms with Crippen LogP contribution in [-0.2, 0) is 6.54 Å². The molecule has 0 radical (unpaired) electrons. The molecule has 19 heavy (non-hydrogen) atoms. The summed E-state index contributed by atoms with van der Waals surface area (Å²) in [6, 6.07) is 7.42. The van der Waals surface area contributed by atoms with E-state index in [0.29, 0.717) is 35.7 Å². The van der Waals surface area contributed by atoms with Gasteiger partial charge in [-0.2, -0.15) is 0 Å². The van der Waals surface area contributed by atoms with Crippen molar-refractivity contribution < 1.29 is 4.74 Å². The number of ether oxygens (including phenoxy) is 1. The third-order valence-corrected chi connectivity index (χ3v) is 3.47. The first-order valence-electron chi connectivity index (χ1n) is 6.32. The van der Waals surface area contributed by atoms with E-state index in [1.54, 1.807) is 6.07 Å². The zero-order valence-electron chi connectivity index (χ0n) is 10.4. The minimum Gasteiger partial charge on any atom is -0.490 e. The second-order valence-corrected chi connectivity index (χ2v) is 5.04. The molecule has 0 atom stereocenters. The van der Waals surface area contributed by atoms with Gasteiger partial charge in [-0.1, -0.05) is 28.9 Å². The Morgan fingerprint density at radius 2 is 2.16 bits per heavy atom. The van der Waals surface area contributed by atoms with E-state index in [9.17, 15) is 0 Å². The summed E-state index contributed by atoms with van der Waals surface area (Å²) >= 11 is 6.02. The molecular formula is C13H15ClN4O. The van der Waals surface area contributed by atoms with Gasteiger partial charge in [0.15, 0.2) is 5.82 Å². The number of aromatic nitrogens is 3. The van der Waals surface area contributed by atoms with Crippen molar-refractivity contribution in [1.29, 1.82) is 0 Å². The lowest BCUT2D eigenvalue weighted by Gasteiger charge is -2.09. The zero-order valence-corrected chi connectivity index (χ0v) is 11.2. The van der Waals surface area contributed by atoms with E-state index >= 15 is 0 Å². The fourth-order valence-corrected chi connectivity index (χ4v) is 2.27. The zero-order chi connectivity index (χ0) is 13.2. The Balaban J connectivity index is 1.62. The summed E-state index contributed by atoms with van der Waals surface area (Å²) in [7, 11) is 0. The fourth-order valence-electron chi connectivity index (χ4n) is 2.08. The molecule has 1 heterocycles.